The molecule has 0 amide bonds. The number of fused-ring (bicyclic) bond motifs is 1. The van der Waals surface area contributed by atoms with Crippen LogP contribution in [0.4, 0.5) is 5.69 Å². The van der Waals surface area contributed by atoms with E-state index in [0.717, 1.165) is 28.6 Å². The molecule has 3 rings (SSSR count). The number of benzene rings is 2. The van der Waals surface area contributed by atoms with Gasteiger partial charge in [0, 0.05) is 23.2 Å². The van der Waals surface area contributed by atoms with Gasteiger partial charge in [0.25, 0.3) is 0 Å². The Labute approximate surface area is 129 Å². The summed E-state index contributed by atoms with van der Waals surface area (Å²) in [5.74, 6) is 0. The molecule has 2 aromatic rings. The Morgan fingerprint density at radius 1 is 1.29 bits per heavy atom. The topological polar surface area (TPSA) is 58.7 Å². The number of ether oxygens (including phenoxy) is 1. The van der Waals surface area contributed by atoms with Gasteiger partial charge in [0.15, 0.2) is 0 Å². The first-order chi connectivity index (χ1) is 10.2. The summed E-state index contributed by atoms with van der Waals surface area (Å²) in [6.07, 6.45) is 0. The summed E-state index contributed by atoms with van der Waals surface area (Å²) in [4.78, 5) is 2.60. The van der Waals surface area contributed by atoms with E-state index in [1.54, 1.807) is 0 Å². The van der Waals surface area contributed by atoms with Crippen molar-refractivity contribution >= 4 is 33.7 Å². The molecule has 0 bridgehead atoms. The fourth-order valence-corrected chi connectivity index (χ4v) is 3.05. The van der Waals surface area contributed by atoms with Crippen LogP contribution in [-0.4, -0.2) is 42.5 Å². The van der Waals surface area contributed by atoms with Crippen LogP contribution in [0.15, 0.2) is 36.4 Å². The first-order valence-electron chi connectivity index (χ1n) is 6.99. The van der Waals surface area contributed by atoms with Crippen molar-refractivity contribution < 1.29 is 9.84 Å². The molecule has 1 aliphatic rings. The lowest BCUT2D eigenvalue weighted by Crippen LogP contribution is -2.47. The predicted octanol–water partition coefficient (Wildman–Crippen LogP) is 1.67. The average Bonchev–Trinajstić information content (AvgIpc) is 2.53. The van der Waals surface area contributed by atoms with Gasteiger partial charge in [0.1, 0.15) is 4.99 Å². The highest BCUT2D eigenvalue weighted by atomic mass is 32.1. The first kappa shape index (κ1) is 14.3. The molecule has 1 fully saturated rings. The van der Waals surface area contributed by atoms with Gasteiger partial charge in [0.2, 0.25) is 0 Å². The van der Waals surface area contributed by atoms with Gasteiger partial charge in [-0.3, -0.25) is 0 Å². The van der Waals surface area contributed by atoms with Crippen molar-refractivity contribution in [3.05, 3.63) is 42.0 Å². The fraction of sp³-hybridized carbons (Fsp3) is 0.312. The summed E-state index contributed by atoms with van der Waals surface area (Å²) in [6.45, 7) is 2.05. The van der Waals surface area contributed by atoms with Crippen LogP contribution in [0.25, 0.3) is 10.8 Å². The summed E-state index contributed by atoms with van der Waals surface area (Å²) in [6, 6.07) is 12.1. The standard InChI is InChI=1S/C16H18N2O2S/c17-16(21)14-5-6-15(13-4-2-1-3-12(13)14)18-7-8-20-10-11(18)9-19/h1-6,11,19H,7-10H2,(H2,17,21). The van der Waals surface area contributed by atoms with Crippen molar-refractivity contribution in [2.24, 2.45) is 5.73 Å². The SMILES string of the molecule is NC(=S)c1ccc(N2CCOCC2CO)c2ccccc12. The van der Waals surface area contributed by atoms with E-state index in [-0.39, 0.29) is 12.6 Å². The Balaban J connectivity index is 2.15. The van der Waals surface area contributed by atoms with E-state index < -0.39 is 0 Å². The second kappa shape index (κ2) is 5.97. The molecule has 0 aromatic heterocycles. The van der Waals surface area contributed by atoms with E-state index in [1.807, 2.05) is 30.3 Å². The van der Waals surface area contributed by atoms with Gasteiger partial charge < -0.3 is 20.5 Å². The highest BCUT2D eigenvalue weighted by Crippen LogP contribution is 2.31. The molecule has 4 nitrogen and oxygen atoms in total. The third-order valence-electron chi connectivity index (χ3n) is 3.91. The van der Waals surface area contributed by atoms with Gasteiger partial charge in [-0.2, -0.15) is 0 Å². The van der Waals surface area contributed by atoms with E-state index in [4.69, 9.17) is 22.7 Å². The number of morpholine rings is 1. The van der Waals surface area contributed by atoms with Crippen LogP contribution in [0.2, 0.25) is 0 Å². The van der Waals surface area contributed by atoms with Gasteiger partial charge in [-0.05, 0) is 17.5 Å². The minimum atomic E-state index is -0.0159. The molecule has 5 heteroatoms. The maximum absolute atomic E-state index is 9.58. The zero-order valence-electron chi connectivity index (χ0n) is 11.7. The molecular formula is C16H18N2O2S. The van der Waals surface area contributed by atoms with Gasteiger partial charge >= 0.3 is 0 Å². The lowest BCUT2D eigenvalue weighted by atomic mass is 10.0. The smallest absolute Gasteiger partial charge is 0.104 e. The minimum absolute atomic E-state index is 0.0159. The van der Waals surface area contributed by atoms with E-state index in [9.17, 15) is 5.11 Å². The van der Waals surface area contributed by atoms with E-state index in [1.165, 1.54) is 0 Å². The molecule has 1 heterocycles. The second-order valence-electron chi connectivity index (χ2n) is 5.15. The van der Waals surface area contributed by atoms with Gasteiger partial charge in [-0.25, -0.2) is 0 Å². The zero-order chi connectivity index (χ0) is 14.8. The molecule has 3 N–H and O–H groups in total. The van der Waals surface area contributed by atoms with E-state index in [2.05, 4.69) is 11.0 Å². The van der Waals surface area contributed by atoms with Crippen LogP contribution in [0.3, 0.4) is 0 Å². The van der Waals surface area contributed by atoms with Crippen LogP contribution in [0.5, 0.6) is 0 Å². The predicted molar refractivity (Wildman–Crippen MR) is 88.9 cm³/mol. The molecule has 21 heavy (non-hydrogen) atoms. The number of aliphatic hydroxyl groups excluding tert-OH is 1. The van der Waals surface area contributed by atoms with Crippen molar-refractivity contribution in [3.63, 3.8) is 0 Å². The van der Waals surface area contributed by atoms with Crippen LogP contribution in [0, 0.1) is 0 Å². The maximum atomic E-state index is 9.58. The van der Waals surface area contributed by atoms with Crippen molar-refractivity contribution in [1.82, 2.24) is 0 Å². The summed E-state index contributed by atoms with van der Waals surface area (Å²) in [5, 5.41) is 11.7. The minimum Gasteiger partial charge on any atom is -0.394 e. The molecule has 0 spiro atoms. The molecule has 110 valence electrons. The molecule has 1 saturated heterocycles. The Kier molecular flexibility index (Phi) is 4.05. The molecule has 0 radical (unpaired) electrons. The number of nitrogens with zero attached hydrogens (tertiary/aromatic N) is 1. The number of rotatable bonds is 3. The average molecular weight is 302 g/mol. The van der Waals surface area contributed by atoms with E-state index in [0.29, 0.717) is 18.2 Å². The first-order valence-corrected chi connectivity index (χ1v) is 7.40. The van der Waals surface area contributed by atoms with Crippen LogP contribution >= 0.6 is 12.2 Å². The van der Waals surface area contributed by atoms with Crippen LogP contribution in [0.1, 0.15) is 5.56 Å². The van der Waals surface area contributed by atoms with Gasteiger partial charge in [0.05, 0.1) is 25.9 Å². The molecule has 1 aliphatic heterocycles. The molecule has 0 saturated carbocycles. The largest absolute Gasteiger partial charge is 0.394 e. The molecule has 0 aliphatic carbocycles. The lowest BCUT2D eigenvalue weighted by Gasteiger charge is -2.37. The lowest BCUT2D eigenvalue weighted by molar-refractivity contribution is 0.0728. The maximum Gasteiger partial charge on any atom is 0.104 e. The fourth-order valence-electron chi connectivity index (χ4n) is 2.87. The number of anilines is 1. The number of thiocarbonyl (C=S) groups is 1. The highest BCUT2D eigenvalue weighted by Gasteiger charge is 2.24. The van der Waals surface area contributed by atoms with Gasteiger partial charge in [-0.1, -0.05) is 36.5 Å². The Morgan fingerprint density at radius 2 is 2.05 bits per heavy atom. The summed E-state index contributed by atoms with van der Waals surface area (Å²) in [5.41, 5.74) is 7.80. The molecule has 2 aromatic carbocycles. The van der Waals surface area contributed by atoms with Crippen molar-refractivity contribution in [3.8, 4) is 0 Å². The monoisotopic (exact) mass is 302 g/mol. The number of nitrogens with two attached hydrogens (primary N) is 1. The second-order valence-corrected chi connectivity index (χ2v) is 5.59. The van der Waals surface area contributed by atoms with Gasteiger partial charge in [-0.15, -0.1) is 0 Å². The number of hydrogen-bond donors (Lipinski definition) is 2. The Morgan fingerprint density at radius 3 is 2.76 bits per heavy atom. The third-order valence-corrected chi connectivity index (χ3v) is 4.13. The summed E-state index contributed by atoms with van der Waals surface area (Å²) >= 11 is 5.14. The van der Waals surface area contributed by atoms with E-state index >= 15 is 0 Å². The summed E-state index contributed by atoms with van der Waals surface area (Å²) in [7, 11) is 0. The van der Waals surface area contributed by atoms with Crippen molar-refractivity contribution in [2.45, 2.75) is 6.04 Å². The van der Waals surface area contributed by atoms with Crippen molar-refractivity contribution in [2.75, 3.05) is 31.3 Å². The Hall–Kier alpha value is -1.69. The molecule has 1 atom stereocenters. The Bertz CT molecular complexity index is 674. The van der Waals surface area contributed by atoms with Crippen LogP contribution in [-0.2, 0) is 4.74 Å². The third kappa shape index (κ3) is 2.60. The highest BCUT2D eigenvalue weighted by molar-refractivity contribution is 7.80. The normalized spacial score (nSPS) is 18.9. The molecule has 1 unspecified atom stereocenters. The molecular weight excluding hydrogens is 284 g/mol. The van der Waals surface area contributed by atoms with Crippen molar-refractivity contribution in [1.29, 1.82) is 0 Å². The van der Waals surface area contributed by atoms with Crippen LogP contribution < -0.4 is 10.6 Å². The zero-order valence-corrected chi connectivity index (χ0v) is 12.5. The number of aliphatic hydroxyl groups is 1. The number of hydrogen-bond acceptors (Lipinski definition) is 4. The quantitative estimate of drug-likeness (QED) is 0.845. The summed E-state index contributed by atoms with van der Waals surface area (Å²) < 4.78 is 5.46.